The van der Waals surface area contributed by atoms with Crippen molar-refractivity contribution in [1.29, 1.82) is 0 Å². The Morgan fingerprint density at radius 3 is 0.649 bits per heavy atom. The number of rotatable bonds is 26. The van der Waals surface area contributed by atoms with E-state index < -0.39 is 167 Å². The molecule has 0 aliphatic rings. The molecule has 0 aromatic rings. The third-order valence-electron chi connectivity index (χ3n) is 7.63. The Bertz CT molecular complexity index is 1130. The minimum absolute atomic E-state index is 0.633. The summed E-state index contributed by atoms with van der Waals surface area (Å²) in [6.45, 7) is -22.1. The van der Waals surface area contributed by atoms with Crippen molar-refractivity contribution in [2.75, 3.05) is 39.9 Å². The number of hydrogen-bond acceptors (Lipinski definition) is 3. The number of alkyl halides is 28. The number of halogens is 28. The van der Waals surface area contributed by atoms with Crippen LogP contribution in [0.25, 0.3) is 0 Å². The molecule has 57 heavy (non-hydrogen) atoms. The summed E-state index contributed by atoms with van der Waals surface area (Å²) < 4.78 is 387. The number of hydrogen-bond donors (Lipinski definition) is 0. The van der Waals surface area contributed by atoms with Crippen LogP contribution in [0.5, 0.6) is 0 Å². The van der Waals surface area contributed by atoms with Gasteiger partial charge >= 0.3 is 311 Å². The SMILES string of the molecule is CCCC[O][Sn]([O][Sn]([O]CCCC)([C](F)(F)C(F)(F)C(F)(F)CF)[C](F)(F)C(F)(F)C(F)(F)CF)([C](F)(F)C(F)(F)C(F)(F)CF)[C](F)(F)C(F)(F)C(F)(F)CF. The molecule has 0 saturated heterocycles. The standard InChI is InChI=1S/4C4H2F7.2C4H9O.O.2Sn/c4*5-1-3(8,9)4(10,11)2(6)7;2*1-2-3-4-5;;;/h4*1H2;2*2-4H2,1H3;;;/q;;;;2*-1;;2*+1. The van der Waals surface area contributed by atoms with Gasteiger partial charge in [-0.1, -0.05) is 0 Å². The summed E-state index contributed by atoms with van der Waals surface area (Å²) in [6.07, 6.45) is -5.30. The fourth-order valence-electron chi connectivity index (χ4n) is 4.08. The molecule has 0 N–H and O–H groups in total. The molecule has 0 aromatic carbocycles. The molecule has 0 spiro atoms. The van der Waals surface area contributed by atoms with E-state index >= 15 is 35.1 Å². The van der Waals surface area contributed by atoms with Gasteiger partial charge in [0.25, 0.3) is 0 Å². The van der Waals surface area contributed by atoms with Gasteiger partial charge in [-0.25, -0.2) is 0 Å². The first-order valence-corrected chi connectivity index (χ1v) is 25.2. The first-order valence-electron chi connectivity index (χ1n) is 14.8. The van der Waals surface area contributed by atoms with Crippen molar-refractivity contribution in [2.45, 2.75) is 103 Å². The minimum atomic E-state index is -12.6. The molecule has 0 aliphatic heterocycles. The summed E-state index contributed by atoms with van der Waals surface area (Å²) in [6, 6.07) is 0. The molecule has 0 aromatic heterocycles. The van der Waals surface area contributed by atoms with Gasteiger partial charge in [-0.3, -0.25) is 0 Å². The van der Waals surface area contributed by atoms with Gasteiger partial charge < -0.3 is 0 Å². The van der Waals surface area contributed by atoms with Gasteiger partial charge in [0.15, 0.2) is 0 Å². The molecular weight excluding hydrogens is 1110 g/mol. The molecule has 0 rings (SSSR count). The summed E-state index contributed by atoms with van der Waals surface area (Å²) >= 11 is -25.2. The van der Waals surface area contributed by atoms with Crippen molar-refractivity contribution in [3.8, 4) is 0 Å². The van der Waals surface area contributed by atoms with E-state index in [0.717, 1.165) is 0 Å². The third-order valence-corrected chi connectivity index (χ3v) is 36.8. The molecule has 0 amide bonds. The van der Waals surface area contributed by atoms with Crippen LogP contribution in [-0.4, -0.2) is 141 Å². The van der Waals surface area contributed by atoms with Gasteiger partial charge in [-0.2, -0.15) is 0 Å². The summed E-state index contributed by atoms with van der Waals surface area (Å²) in [5.74, 6) is -64.6. The maximum atomic E-state index is 16.0. The molecule has 0 radical (unpaired) electrons. The van der Waals surface area contributed by atoms with E-state index in [4.69, 9.17) is 0 Å². The van der Waals surface area contributed by atoms with Gasteiger partial charge in [-0.15, -0.1) is 0 Å². The van der Waals surface area contributed by atoms with Crippen LogP contribution < -0.4 is 0 Å². The molecule has 344 valence electrons. The van der Waals surface area contributed by atoms with Crippen molar-refractivity contribution >= 4 is 38.4 Å². The van der Waals surface area contributed by atoms with Crippen LogP contribution in [-0.2, 0) is 7.56 Å². The molecule has 0 atom stereocenters. The Labute approximate surface area is 311 Å². The molecular formula is C24H26F28O3Sn2. The summed E-state index contributed by atoms with van der Waals surface area (Å²) in [5, 5.41) is 0. The summed E-state index contributed by atoms with van der Waals surface area (Å²) in [4.78, 5) is 0. The zero-order valence-corrected chi connectivity index (χ0v) is 33.6. The van der Waals surface area contributed by atoms with E-state index in [9.17, 15) is 87.8 Å². The van der Waals surface area contributed by atoms with Crippen molar-refractivity contribution in [2.24, 2.45) is 0 Å². The van der Waals surface area contributed by atoms with Gasteiger partial charge in [0, 0.05) is 0 Å². The summed E-state index contributed by atoms with van der Waals surface area (Å²) in [5.41, 5.74) is 0. The van der Waals surface area contributed by atoms with Crippen molar-refractivity contribution in [3.05, 3.63) is 0 Å². The van der Waals surface area contributed by atoms with Crippen LogP contribution in [0.15, 0.2) is 0 Å². The van der Waals surface area contributed by atoms with E-state index in [2.05, 4.69) is 7.56 Å². The molecule has 0 fully saturated rings. The Hall–Kier alpha value is -0.483. The topological polar surface area (TPSA) is 27.7 Å². The van der Waals surface area contributed by atoms with Crippen molar-refractivity contribution < 1.29 is 130 Å². The van der Waals surface area contributed by atoms with E-state index in [1.54, 1.807) is 0 Å². The zero-order chi connectivity index (χ0) is 46.2. The van der Waals surface area contributed by atoms with E-state index in [1.807, 2.05) is 0 Å². The van der Waals surface area contributed by atoms with E-state index in [1.165, 1.54) is 0 Å². The zero-order valence-electron chi connectivity index (χ0n) is 27.9. The first-order chi connectivity index (χ1) is 25.1. The van der Waals surface area contributed by atoms with Gasteiger partial charge in [0.05, 0.1) is 0 Å². The fourth-order valence-corrected chi connectivity index (χ4v) is 40.4. The van der Waals surface area contributed by atoms with E-state index in [-0.39, 0.29) is 0 Å². The van der Waals surface area contributed by atoms with E-state index in [0.29, 0.717) is 13.8 Å². The van der Waals surface area contributed by atoms with Crippen LogP contribution in [0, 0.1) is 0 Å². The predicted molar refractivity (Wildman–Crippen MR) is 138 cm³/mol. The second kappa shape index (κ2) is 17.7. The molecule has 0 heterocycles. The molecule has 0 aliphatic carbocycles. The van der Waals surface area contributed by atoms with Crippen LogP contribution in [0.1, 0.15) is 39.5 Å². The molecule has 3 nitrogen and oxygen atoms in total. The normalized spacial score (nSPS) is 16.1. The van der Waals surface area contributed by atoms with Gasteiger partial charge in [0.2, 0.25) is 0 Å². The van der Waals surface area contributed by atoms with Gasteiger partial charge in [-0.05, 0) is 0 Å². The second-order valence-electron chi connectivity index (χ2n) is 11.7. The Morgan fingerprint density at radius 1 is 0.333 bits per heavy atom. The monoisotopic (exact) mass is 1130 g/mol. The average molecular weight is 1130 g/mol. The van der Waals surface area contributed by atoms with Crippen LogP contribution in [0.2, 0.25) is 0 Å². The fraction of sp³-hybridized carbons (Fsp3) is 1.00. The van der Waals surface area contributed by atoms with Crippen LogP contribution in [0.3, 0.4) is 0 Å². The maximum absolute atomic E-state index is 16.0. The molecule has 0 unspecified atom stereocenters. The molecule has 0 bridgehead atoms. The van der Waals surface area contributed by atoms with Crippen molar-refractivity contribution in [3.63, 3.8) is 0 Å². The van der Waals surface area contributed by atoms with Gasteiger partial charge in [0.1, 0.15) is 0 Å². The first kappa shape index (κ1) is 56.5. The Morgan fingerprint density at radius 2 is 0.509 bits per heavy atom. The average Bonchev–Trinajstić information content (AvgIpc) is 3.09. The predicted octanol–water partition coefficient (Wildman–Crippen LogP) is 11.2. The van der Waals surface area contributed by atoms with Crippen LogP contribution >= 0.6 is 0 Å². The third kappa shape index (κ3) is 8.41. The molecule has 33 heteroatoms. The quantitative estimate of drug-likeness (QED) is 0.0491. The Kier molecular flexibility index (Phi) is 17.6. The summed E-state index contributed by atoms with van der Waals surface area (Å²) in [7, 11) is 0. The Balaban J connectivity index is 10.1. The molecule has 0 saturated carbocycles. The van der Waals surface area contributed by atoms with Crippen LogP contribution in [0.4, 0.5) is 123 Å². The number of unbranched alkanes of at least 4 members (excludes halogenated alkanes) is 2. The second-order valence-corrected chi connectivity index (χ2v) is 32.0. The van der Waals surface area contributed by atoms with Crippen molar-refractivity contribution in [1.82, 2.24) is 0 Å².